The Hall–Kier alpha value is -3.22. The molecule has 1 aliphatic heterocycles. The van der Waals surface area contributed by atoms with Gasteiger partial charge in [0.25, 0.3) is 5.91 Å². The van der Waals surface area contributed by atoms with Gasteiger partial charge in [0.05, 0.1) is 6.54 Å². The Morgan fingerprint density at radius 1 is 1.15 bits per heavy atom. The van der Waals surface area contributed by atoms with E-state index in [1.54, 1.807) is 18.2 Å². The smallest absolute Gasteiger partial charge is 0.254 e. The zero-order chi connectivity index (χ0) is 18.7. The molecule has 0 bridgehead atoms. The van der Waals surface area contributed by atoms with Gasteiger partial charge in [0.2, 0.25) is 11.8 Å². The van der Waals surface area contributed by atoms with Crippen LogP contribution in [0.25, 0.3) is 0 Å². The lowest BCUT2D eigenvalue weighted by atomic mass is 10.00. The highest BCUT2D eigenvalue weighted by Gasteiger charge is 2.19. The first-order valence-electron chi connectivity index (χ1n) is 8.16. The molecule has 26 heavy (non-hydrogen) atoms. The Morgan fingerprint density at radius 3 is 2.62 bits per heavy atom. The lowest BCUT2D eigenvalue weighted by Gasteiger charge is -2.20. The van der Waals surface area contributed by atoms with Gasteiger partial charge in [-0.3, -0.25) is 14.4 Å². The van der Waals surface area contributed by atoms with Gasteiger partial charge >= 0.3 is 0 Å². The number of carbonyl (C=O) groups excluding carboxylic acids is 3. The zero-order valence-corrected chi connectivity index (χ0v) is 14.2. The monoisotopic (exact) mass is 355 g/mol. The number of nitrogens with one attached hydrogen (secondary N) is 2. The van der Waals surface area contributed by atoms with Gasteiger partial charge in [-0.25, -0.2) is 4.39 Å². The second kappa shape index (κ2) is 7.35. The number of benzene rings is 2. The van der Waals surface area contributed by atoms with Crippen molar-refractivity contribution in [2.24, 2.45) is 0 Å². The fourth-order valence-corrected chi connectivity index (χ4v) is 2.76. The molecule has 0 unspecified atom stereocenters. The molecule has 0 saturated heterocycles. The average Bonchev–Trinajstić information content (AvgIpc) is 2.62. The second-order valence-corrected chi connectivity index (χ2v) is 6.14. The van der Waals surface area contributed by atoms with Crippen LogP contribution >= 0.6 is 0 Å². The molecule has 0 aromatic heterocycles. The number of hydrogen-bond donors (Lipinski definition) is 2. The molecule has 0 spiro atoms. The van der Waals surface area contributed by atoms with Crippen LogP contribution < -0.4 is 10.6 Å². The van der Waals surface area contributed by atoms with Crippen molar-refractivity contribution in [1.82, 2.24) is 4.90 Å². The van der Waals surface area contributed by atoms with Crippen molar-refractivity contribution in [2.45, 2.75) is 12.8 Å². The van der Waals surface area contributed by atoms with E-state index in [0.717, 1.165) is 11.3 Å². The second-order valence-electron chi connectivity index (χ2n) is 6.14. The molecule has 2 aromatic carbocycles. The normalized spacial score (nSPS) is 12.8. The number of amides is 3. The number of aryl methyl sites for hydroxylation is 1. The van der Waals surface area contributed by atoms with Crippen molar-refractivity contribution >= 4 is 29.1 Å². The fraction of sp³-hybridized carbons (Fsp3) is 0.211. The Labute approximate surface area is 150 Å². The van der Waals surface area contributed by atoms with E-state index in [9.17, 15) is 18.8 Å². The maximum absolute atomic E-state index is 12.9. The third kappa shape index (κ3) is 4.05. The first kappa shape index (κ1) is 17.6. The zero-order valence-electron chi connectivity index (χ0n) is 14.2. The first-order valence-corrected chi connectivity index (χ1v) is 8.16. The highest BCUT2D eigenvalue weighted by Crippen LogP contribution is 2.24. The van der Waals surface area contributed by atoms with Crippen molar-refractivity contribution in [3.05, 3.63) is 59.4 Å². The van der Waals surface area contributed by atoms with Crippen molar-refractivity contribution in [3.63, 3.8) is 0 Å². The van der Waals surface area contributed by atoms with E-state index in [2.05, 4.69) is 10.6 Å². The molecule has 1 heterocycles. The van der Waals surface area contributed by atoms with Crippen LogP contribution in [0.5, 0.6) is 0 Å². The number of halogens is 1. The van der Waals surface area contributed by atoms with Gasteiger partial charge in [0.15, 0.2) is 0 Å². The minimum absolute atomic E-state index is 0.0360. The molecule has 134 valence electrons. The standard InChI is InChI=1S/C19H18FN3O3/c1-23(11-18(25)21-15-6-4-14(20)5-7-15)19(26)13-2-8-16-12(10-13)3-9-17(24)22-16/h2,4-8,10H,3,9,11H2,1H3,(H,21,25)(H,22,24). The van der Waals surface area contributed by atoms with E-state index in [1.807, 2.05) is 0 Å². The summed E-state index contributed by atoms with van der Waals surface area (Å²) in [4.78, 5) is 37.3. The number of likely N-dealkylation sites (N-methyl/N-ethyl adjacent to an activating group) is 1. The molecule has 2 N–H and O–H groups in total. The third-order valence-electron chi connectivity index (χ3n) is 4.10. The van der Waals surface area contributed by atoms with Gasteiger partial charge in [-0.05, 0) is 54.4 Å². The minimum Gasteiger partial charge on any atom is -0.332 e. The summed E-state index contributed by atoms with van der Waals surface area (Å²) in [6.45, 7) is -0.135. The predicted molar refractivity (Wildman–Crippen MR) is 95.4 cm³/mol. The Kier molecular flexibility index (Phi) is 4.97. The maximum atomic E-state index is 12.9. The lowest BCUT2D eigenvalue weighted by molar-refractivity contribution is -0.117. The van der Waals surface area contributed by atoms with E-state index < -0.39 is 0 Å². The number of nitrogens with zero attached hydrogens (tertiary/aromatic N) is 1. The van der Waals surface area contributed by atoms with E-state index in [-0.39, 0.29) is 30.1 Å². The summed E-state index contributed by atoms with van der Waals surface area (Å²) in [6.07, 6.45) is 0.970. The summed E-state index contributed by atoms with van der Waals surface area (Å²) >= 11 is 0. The van der Waals surface area contributed by atoms with Crippen molar-refractivity contribution in [3.8, 4) is 0 Å². The number of carbonyl (C=O) groups is 3. The fourth-order valence-electron chi connectivity index (χ4n) is 2.76. The van der Waals surface area contributed by atoms with Crippen molar-refractivity contribution in [1.29, 1.82) is 0 Å². The molecule has 0 atom stereocenters. The molecule has 2 aromatic rings. The van der Waals surface area contributed by atoms with Gasteiger partial charge in [-0.15, -0.1) is 0 Å². The van der Waals surface area contributed by atoms with Crippen LogP contribution in [-0.2, 0) is 16.0 Å². The van der Waals surface area contributed by atoms with Gasteiger partial charge < -0.3 is 15.5 Å². The van der Waals surface area contributed by atoms with E-state index >= 15 is 0 Å². The van der Waals surface area contributed by atoms with Crippen LogP contribution in [0.4, 0.5) is 15.8 Å². The Morgan fingerprint density at radius 2 is 1.88 bits per heavy atom. The molecule has 0 fully saturated rings. The van der Waals surface area contributed by atoms with Crippen molar-refractivity contribution < 1.29 is 18.8 Å². The summed E-state index contributed by atoms with van der Waals surface area (Å²) < 4.78 is 12.9. The number of anilines is 2. The molecular weight excluding hydrogens is 337 g/mol. The van der Waals surface area contributed by atoms with Gasteiger partial charge in [-0.1, -0.05) is 0 Å². The van der Waals surface area contributed by atoms with Gasteiger partial charge in [0, 0.05) is 30.4 Å². The number of rotatable bonds is 4. The Bertz CT molecular complexity index is 865. The summed E-state index contributed by atoms with van der Waals surface area (Å²) in [5.41, 5.74) is 2.54. The van der Waals surface area contributed by atoms with Crippen LogP contribution in [0.3, 0.4) is 0 Å². The van der Waals surface area contributed by atoms with Crippen LogP contribution in [-0.4, -0.2) is 36.2 Å². The molecule has 3 amide bonds. The molecule has 3 rings (SSSR count). The molecule has 0 radical (unpaired) electrons. The Balaban J connectivity index is 1.63. The SMILES string of the molecule is CN(CC(=O)Nc1ccc(F)cc1)C(=O)c1ccc2c(c1)CCC(=O)N2. The minimum atomic E-state index is -0.390. The maximum Gasteiger partial charge on any atom is 0.254 e. The lowest BCUT2D eigenvalue weighted by Crippen LogP contribution is -2.35. The average molecular weight is 355 g/mol. The summed E-state index contributed by atoms with van der Waals surface area (Å²) in [6, 6.07) is 10.5. The third-order valence-corrected chi connectivity index (χ3v) is 4.10. The molecule has 1 aliphatic rings. The summed E-state index contributed by atoms with van der Waals surface area (Å²) in [5.74, 6) is -1.10. The number of hydrogen-bond acceptors (Lipinski definition) is 3. The summed E-state index contributed by atoms with van der Waals surface area (Å²) in [5, 5.41) is 5.38. The highest BCUT2D eigenvalue weighted by molar-refractivity contribution is 6.00. The predicted octanol–water partition coefficient (Wildman–Crippen LogP) is 2.42. The van der Waals surface area contributed by atoms with Gasteiger partial charge in [-0.2, -0.15) is 0 Å². The van der Waals surface area contributed by atoms with Crippen LogP contribution in [0.15, 0.2) is 42.5 Å². The van der Waals surface area contributed by atoms with Crippen LogP contribution in [0.1, 0.15) is 22.3 Å². The molecule has 6 nitrogen and oxygen atoms in total. The molecular formula is C19H18FN3O3. The van der Waals surface area contributed by atoms with Crippen LogP contribution in [0.2, 0.25) is 0 Å². The number of fused-ring (bicyclic) bond motifs is 1. The topological polar surface area (TPSA) is 78.5 Å². The van der Waals surface area contributed by atoms with E-state index in [0.29, 0.717) is 24.1 Å². The molecule has 0 aliphatic carbocycles. The first-order chi connectivity index (χ1) is 12.4. The molecule has 0 saturated carbocycles. The molecule has 7 heteroatoms. The van der Waals surface area contributed by atoms with Crippen LogP contribution in [0, 0.1) is 5.82 Å². The van der Waals surface area contributed by atoms with E-state index in [4.69, 9.17) is 0 Å². The summed E-state index contributed by atoms with van der Waals surface area (Å²) in [7, 11) is 1.54. The van der Waals surface area contributed by atoms with Crippen molar-refractivity contribution in [2.75, 3.05) is 24.2 Å². The quantitative estimate of drug-likeness (QED) is 0.884. The largest absolute Gasteiger partial charge is 0.332 e. The highest BCUT2D eigenvalue weighted by atomic mass is 19.1. The van der Waals surface area contributed by atoms with Gasteiger partial charge in [0.1, 0.15) is 5.82 Å². The van der Waals surface area contributed by atoms with E-state index in [1.165, 1.54) is 36.2 Å².